The summed E-state index contributed by atoms with van der Waals surface area (Å²) in [5, 5.41) is 11.8. The number of aromatic nitrogens is 3. The molecule has 0 saturated carbocycles. The van der Waals surface area contributed by atoms with Crippen LogP contribution in [-0.4, -0.2) is 34.4 Å². The number of anilines is 2. The first-order chi connectivity index (χ1) is 17.2. The maximum atomic E-state index is 12.4. The van der Waals surface area contributed by atoms with Crippen molar-refractivity contribution in [1.29, 1.82) is 0 Å². The standard InChI is InChI=1S/C26H25F3N6O/c1-17(2)22-6-4-5-7-23(22)33-31-16-18-8-10-19(11-9-18)24-32-25(30-3)35(34-24)20-12-14-21(15-13-20)36-26(27,28)29/h4-17,33H,1-3H3,(H,30,32,34). The SMILES string of the molecule is CNc1nc(-c2ccc(C=NNc3ccccc3C(C)C)cc2)nn1-c1ccc(OC(F)(F)F)cc1. The number of nitrogens with zero attached hydrogens (tertiary/aromatic N) is 4. The number of hydrazone groups is 1. The van der Waals surface area contributed by atoms with Crippen LogP contribution in [0.1, 0.15) is 30.9 Å². The molecule has 7 nitrogen and oxygen atoms in total. The molecule has 4 aromatic rings. The minimum Gasteiger partial charge on any atom is -0.406 e. The summed E-state index contributed by atoms with van der Waals surface area (Å²) in [4.78, 5) is 4.50. The molecule has 0 saturated heterocycles. The number of rotatable bonds is 8. The zero-order valence-electron chi connectivity index (χ0n) is 19.9. The third-order valence-electron chi connectivity index (χ3n) is 5.30. The van der Waals surface area contributed by atoms with Crippen LogP contribution in [0.15, 0.2) is 77.9 Å². The maximum Gasteiger partial charge on any atom is 0.573 e. The first-order valence-corrected chi connectivity index (χ1v) is 11.2. The fourth-order valence-electron chi connectivity index (χ4n) is 3.56. The van der Waals surface area contributed by atoms with E-state index in [1.54, 1.807) is 13.3 Å². The van der Waals surface area contributed by atoms with Crippen molar-refractivity contribution in [3.8, 4) is 22.8 Å². The smallest absolute Gasteiger partial charge is 0.406 e. The molecule has 186 valence electrons. The van der Waals surface area contributed by atoms with Crippen LogP contribution in [0.4, 0.5) is 24.8 Å². The van der Waals surface area contributed by atoms with Gasteiger partial charge in [-0.1, -0.05) is 56.3 Å². The van der Waals surface area contributed by atoms with E-state index < -0.39 is 6.36 Å². The lowest BCUT2D eigenvalue weighted by molar-refractivity contribution is -0.274. The number of hydrogen-bond donors (Lipinski definition) is 2. The van der Waals surface area contributed by atoms with Crippen molar-refractivity contribution in [2.75, 3.05) is 17.8 Å². The van der Waals surface area contributed by atoms with Gasteiger partial charge < -0.3 is 10.1 Å². The van der Waals surface area contributed by atoms with Gasteiger partial charge >= 0.3 is 6.36 Å². The highest BCUT2D eigenvalue weighted by Crippen LogP contribution is 2.26. The molecule has 1 aromatic heterocycles. The number of nitrogens with one attached hydrogen (secondary N) is 2. The number of alkyl halides is 3. The van der Waals surface area contributed by atoms with Gasteiger partial charge in [-0.25, -0.2) is 0 Å². The quantitative estimate of drug-likeness (QED) is 0.218. The van der Waals surface area contributed by atoms with E-state index in [0.717, 1.165) is 16.8 Å². The Kier molecular flexibility index (Phi) is 7.23. The Labute approximate surface area is 206 Å². The lowest BCUT2D eigenvalue weighted by Crippen LogP contribution is -2.17. The first kappa shape index (κ1) is 24.8. The fraction of sp³-hybridized carbons (Fsp3) is 0.192. The predicted molar refractivity (Wildman–Crippen MR) is 135 cm³/mol. The highest BCUT2D eigenvalue weighted by atomic mass is 19.4. The molecule has 0 spiro atoms. The highest BCUT2D eigenvalue weighted by molar-refractivity contribution is 5.81. The Hall–Kier alpha value is -4.34. The summed E-state index contributed by atoms with van der Waals surface area (Å²) in [5.41, 5.74) is 7.46. The molecular formula is C26H25F3N6O. The molecule has 0 amide bonds. The van der Waals surface area contributed by atoms with Crippen LogP contribution in [0.5, 0.6) is 5.75 Å². The van der Waals surface area contributed by atoms with E-state index in [4.69, 9.17) is 0 Å². The number of halogens is 3. The van der Waals surface area contributed by atoms with Gasteiger partial charge in [0.25, 0.3) is 0 Å². The number of hydrogen-bond acceptors (Lipinski definition) is 6. The topological polar surface area (TPSA) is 76.4 Å². The van der Waals surface area contributed by atoms with E-state index in [1.807, 2.05) is 42.5 Å². The summed E-state index contributed by atoms with van der Waals surface area (Å²) in [6.07, 6.45) is -3.01. The Morgan fingerprint density at radius 2 is 1.67 bits per heavy atom. The second-order valence-electron chi connectivity index (χ2n) is 8.20. The van der Waals surface area contributed by atoms with E-state index in [-0.39, 0.29) is 5.75 Å². The number of para-hydroxylation sites is 1. The van der Waals surface area contributed by atoms with Gasteiger partial charge in [-0.2, -0.15) is 14.8 Å². The molecule has 36 heavy (non-hydrogen) atoms. The lowest BCUT2D eigenvalue weighted by atomic mass is 10.0. The molecule has 0 aliphatic rings. The summed E-state index contributed by atoms with van der Waals surface area (Å²) in [5.74, 6) is 0.969. The van der Waals surface area contributed by atoms with E-state index in [0.29, 0.717) is 23.4 Å². The van der Waals surface area contributed by atoms with Gasteiger partial charge in [-0.05, 0) is 47.4 Å². The molecule has 0 atom stereocenters. The maximum absolute atomic E-state index is 12.4. The van der Waals surface area contributed by atoms with Gasteiger partial charge in [0.1, 0.15) is 5.75 Å². The van der Waals surface area contributed by atoms with Crippen molar-refractivity contribution in [2.45, 2.75) is 26.1 Å². The second kappa shape index (κ2) is 10.5. The van der Waals surface area contributed by atoms with Gasteiger partial charge in [-0.3, -0.25) is 5.43 Å². The highest BCUT2D eigenvalue weighted by Gasteiger charge is 2.31. The molecule has 2 N–H and O–H groups in total. The summed E-state index contributed by atoms with van der Waals surface area (Å²) in [7, 11) is 1.69. The average Bonchev–Trinajstić information content (AvgIpc) is 3.29. The summed E-state index contributed by atoms with van der Waals surface area (Å²) < 4.78 is 42.7. The predicted octanol–water partition coefficient (Wildman–Crippen LogP) is 6.44. The fourth-order valence-corrected chi connectivity index (χ4v) is 3.56. The van der Waals surface area contributed by atoms with Crippen LogP contribution < -0.4 is 15.5 Å². The molecule has 4 rings (SSSR count). The van der Waals surface area contributed by atoms with Crippen LogP contribution in [-0.2, 0) is 0 Å². The molecule has 10 heteroatoms. The first-order valence-electron chi connectivity index (χ1n) is 11.2. The normalized spacial score (nSPS) is 11.8. The van der Waals surface area contributed by atoms with E-state index in [9.17, 15) is 13.2 Å². The summed E-state index contributed by atoms with van der Waals surface area (Å²) in [6.45, 7) is 4.27. The van der Waals surface area contributed by atoms with Gasteiger partial charge in [0.15, 0.2) is 5.82 Å². The van der Waals surface area contributed by atoms with Crippen molar-refractivity contribution in [1.82, 2.24) is 14.8 Å². The van der Waals surface area contributed by atoms with Crippen molar-refractivity contribution < 1.29 is 17.9 Å². The average molecular weight is 495 g/mol. The molecule has 0 aliphatic carbocycles. The van der Waals surface area contributed by atoms with Gasteiger partial charge in [0.2, 0.25) is 5.95 Å². The van der Waals surface area contributed by atoms with Crippen LogP contribution in [0.25, 0.3) is 17.1 Å². The van der Waals surface area contributed by atoms with E-state index in [2.05, 4.69) is 50.6 Å². The zero-order valence-corrected chi connectivity index (χ0v) is 19.9. The van der Waals surface area contributed by atoms with Crippen molar-refractivity contribution in [2.24, 2.45) is 5.10 Å². The Bertz CT molecular complexity index is 1330. The Morgan fingerprint density at radius 1 is 0.972 bits per heavy atom. The molecule has 0 fully saturated rings. The van der Waals surface area contributed by atoms with Crippen molar-refractivity contribution in [3.63, 3.8) is 0 Å². The lowest BCUT2D eigenvalue weighted by Gasteiger charge is -2.11. The molecule has 0 unspecified atom stereocenters. The minimum absolute atomic E-state index is 0.308. The molecule has 0 aliphatic heterocycles. The minimum atomic E-state index is -4.75. The van der Waals surface area contributed by atoms with Crippen LogP contribution in [0, 0.1) is 0 Å². The molecule has 0 radical (unpaired) electrons. The third kappa shape index (κ3) is 6.01. The molecule has 0 bridgehead atoms. The van der Waals surface area contributed by atoms with Crippen molar-refractivity contribution >= 4 is 17.9 Å². The molecule has 1 heterocycles. The summed E-state index contributed by atoms with van der Waals surface area (Å²) >= 11 is 0. The molecule has 3 aromatic carbocycles. The van der Waals surface area contributed by atoms with Crippen molar-refractivity contribution in [3.05, 3.63) is 83.9 Å². The largest absolute Gasteiger partial charge is 0.573 e. The number of ether oxygens (including phenoxy) is 1. The van der Waals surface area contributed by atoms with E-state index in [1.165, 1.54) is 34.5 Å². The van der Waals surface area contributed by atoms with E-state index >= 15 is 0 Å². The molecular weight excluding hydrogens is 469 g/mol. The number of benzene rings is 3. The van der Waals surface area contributed by atoms with Crippen LogP contribution in [0.3, 0.4) is 0 Å². The second-order valence-corrected chi connectivity index (χ2v) is 8.20. The van der Waals surface area contributed by atoms with Gasteiger partial charge in [0.05, 0.1) is 17.6 Å². The third-order valence-corrected chi connectivity index (χ3v) is 5.30. The Morgan fingerprint density at radius 3 is 2.31 bits per heavy atom. The van der Waals surface area contributed by atoms with Crippen LogP contribution in [0.2, 0.25) is 0 Å². The zero-order chi connectivity index (χ0) is 25.7. The van der Waals surface area contributed by atoms with Crippen LogP contribution >= 0.6 is 0 Å². The van der Waals surface area contributed by atoms with Gasteiger partial charge in [0, 0.05) is 12.6 Å². The Balaban J connectivity index is 1.49. The monoisotopic (exact) mass is 494 g/mol. The summed E-state index contributed by atoms with van der Waals surface area (Å²) in [6, 6.07) is 21.0. The van der Waals surface area contributed by atoms with Gasteiger partial charge in [-0.15, -0.1) is 18.3 Å².